The number of amides is 2. The lowest BCUT2D eigenvalue weighted by Gasteiger charge is -2.17. The van der Waals surface area contributed by atoms with Crippen LogP contribution >= 0.6 is 63.7 Å². The number of phenols is 2. The fourth-order valence-corrected chi connectivity index (χ4v) is 7.50. The Morgan fingerprint density at radius 3 is 1.41 bits per heavy atom. The van der Waals surface area contributed by atoms with Gasteiger partial charge in [-0.05, 0) is 160 Å². The number of benzene rings is 4. The van der Waals surface area contributed by atoms with Gasteiger partial charge in [-0.2, -0.15) is 0 Å². The number of aromatic hydroxyl groups is 2. The van der Waals surface area contributed by atoms with Gasteiger partial charge in [0, 0.05) is 24.2 Å². The van der Waals surface area contributed by atoms with Crippen molar-refractivity contribution in [1.29, 1.82) is 0 Å². The highest BCUT2D eigenvalue weighted by atomic mass is 79.9. The standard InChI is InChI=1S/C35H34Br4N4O6/c36-24-11-18(1-3-30(24)44)5-7-42-34(46)28(40)15-20-9-22-23-10-21(14-27(39)33(23)49-17-48-32(22)26(38)13-20)16-29(41)35(47)43-8-6-19-2-4-31(45)25(37)12-19/h1-4,9-14,28-29,44-45H,5-8,15-17,40-41H2,(H,42,46)(H,43,47)/t28-,29-/m0/s1. The highest BCUT2D eigenvalue weighted by Crippen LogP contribution is 2.47. The number of halogens is 4. The molecule has 2 amide bonds. The Hall–Kier alpha value is -3.14. The first kappa shape index (κ1) is 37.1. The molecule has 5 rings (SSSR count). The molecule has 0 unspecified atom stereocenters. The second-order valence-corrected chi connectivity index (χ2v) is 15.0. The van der Waals surface area contributed by atoms with Crippen LogP contribution in [-0.2, 0) is 35.3 Å². The molecule has 4 aromatic carbocycles. The molecule has 2 atom stereocenters. The molecular weight excluding hydrogens is 892 g/mol. The fraction of sp³-hybridized carbons (Fsp3) is 0.257. The summed E-state index contributed by atoms with van der Waals surface area (Å²) in [6.07, 6.45) is 1.70. The van der Waals surface area contributed by atoms with Gasteiger partial charge in [0.25, 0.3) is 0 Å². The maximum atomic E-state index is 12.9. The molecule has 0 fully saturated rings. The molecule has 1 aliphatic heterocycles. The molecule has 1 aliphatic rings. The van der Waals surface area contributed by atoms with Gasteiger partial charge in [-0.1, -0.05) is 12.1 Å². The summed E-state index contributed by atoms with van der Waals surface area (Å²) < 4.78 is 14.5. The largest absolute Gasteiger partial charge is 0.507 e. The van der Waals surface area contributed by atoms with Crippen molar-refractivity contribution >= 4 is 75.5 Å². The van der Waals surface area contributed by atoms with Crippen LogP contribution in [0.25, 0.3) is 11.1 Å². The molecule has 0 saturated carbocycles. The molecule has 14 heteroatoms. The van der Waals surface area contributed by atoms with Crippen LogP contribution < -0.4 is 31.6 Å². The zero-order valence-electron chi connectivity index (χ0n) is 26.1. The molecule has 0 bridgehead atoms. The Kier molecular flexibility index (Phi) is 12.7. The predicted octanol–water partition coefficient (Wildman–Crippen LogP) is 6.00. The fourth-order valence-electron chi connectivity index (χ4n) is 5.40. The number of carbonyl (C=O) groups is 2. The Balaban J connectivity index is 1.26. The van der Waals surface area contributed by atoms with E-state index in [0.29, 0.717) is 55.3 Å². The van der Waals surface area contributed by atoms with Crippen LogP contribution in [0.4, 0.5) is 0 Å². The minimum Gasteiger partial charge on any atom is -0.507 e. The van der Waals surface area contributed by atoms with Crippen molar-refractivity contribution in [2.24, 2.45) is 11.5 Å². The van der Waals surface area contributed by atoms with E-state index in [1.54, 1.807) is 24.3 Å². The highest BCUT2D eigenvalue weighted by molar-refractivity contribution is 9.11. The van der Waals surface area contributed by atoms with E-state index in [0.717, 1.165) is 33.4 Å². The number of nitrogens with two attached hydrogens (primary N) is 2. The molecule has 4 aromatic rings. The lowest BCUT2D eigenvalue weighted by molar-refractivity contribution is -0.123. The van der Waals surface area contributed by atoms with E-state index in [1.807, 2.05) is 36.4 Å². The van der Waals surface area contributed by atoms with Crippen molar-refractivity contribution in [3.05, 3.63) is 101 Å². The van der Waals surface area contributed by atoms with Gasteiger partial charge in [0.15, 0.2) is 0 Å². The molecule has 0 radical (unpaired) electrons. The van der Waals surface area contributed by atoms with Crippen molar-refractivity contribution < 1.29 is 29.3 Å². The van der Waals surface area contributed by atoms with E-state index in [-0.39, 0.29) is 42.9 Å². The van der Waals surface area contributed by atoms with E-state index in [9.17, 15) is 19.8 Å². The maximum absolute atomic E-state index is 12.9. The minimum absolute atomic E-state index is 0.0189. The van der Waals surface area contributed by atoms with E-state index in [2.05, 4.69) is 74.4 Å². The molecule has 0 saturated heterocycles. The van der Waals surface area contributed by atoms with Crippen molar-refractivity contribution in [2.45, 2.75) is 37.8 Å². The van der Waals surface area contributed by atoms with Crippen molar-refractivity contribution in [3.63, 3.8) is 0 Å². The van der Waals surface area contributed by atoms with E-state index < -0.39 is 12.1 Å². The summed E-state index contributed by atoms with van der Waals surface area (Å²) in [5.41, 5.74) is 17.7. The summed E-state index contributed by atoms with van der Waals surface area (Å²) in [4.78, 5) is 25.8. The lowest BCUT2D eigenvalue weighted by Crippen LogP contribution is -2.42. The summed E-state index contributed by atoms with van der Waals surface area (Å²) in [6.45, 7) is 0.766. The van der Waals surface area contributed by atoms with Crippen molar-refractivity contribution in [2.75, 3.05) is 19.9 Å². The topological polar surface area (TPSA) is 169 Å². The molecule has 1 heterocycles. The van der Waals surface area contributed by atoms with Gasteiger partial charge in [-0.15, -0.1) is 0 Å². The third-order valence-corrected chi connectivity index (χ3v) is 10.4. The number of hydrogen-bond acceptors (Lipinski definition) is 8. The zero-order chi connectivity index (χ0) is 35.2. The molecule has 8 N–H and O–H groups in total. The molecule has 10 nitrogen and oxygen atoms in total. The molecule has 0 aromatic heterocycles. The van der Waals surface area contributed by atoms with Crippen LogP contribution in [0.2, 0.25) is 0 Å². The van der Waals surface area contributed by atoms with Crippen LogP contribution in [0.15, 0.2) is 78.6 Å². The number of phenolic OH excluding ortho intramolecular Hbond substituents is 2. The average molecular weight is 926 g/mol. The van der Waals surface area contributed by atoms with E-state index in [1.165, 1.54) is 0 Å². The Bertz CT molecular complexity index is 1740. The summed E-state index contributed by atoms with van der Waals surface area (Å²) in [7, 11) is 0. The van der Waals surface area contributed by atoms with Crippen molar-refractivity contribution in [3.8, 4) is 34.1 Å². The Morgan fingerprint density at radius 1 is 0.633 bits per heavy atom. The van der Waals surface area contributed by atoms with Crippen LogP contribution in [-0.4, -0.2) is 54.0 Å². The summed E-state index contributed by atoms with van der Waals surface area (Å²) in [5.74, 6) is 0.905. The molecule has 0 aliphatic carbocycles. The summed E-state index contributed by atoms with van der Waals surface area (Å²) >= 11 is 13.9. The highest BCUT2D eigenvalue weighted by Gasteiger charge is 2.25. The van der Waals surface area contributed by atoms with E-state index in [4.69, 9.17) is 20.9 Å². The first-order valence-corrected chi connectivity index (χ1v) is 18.5. The van der Waals surface area contributed by atoms with Gasteiger partial charge >= 0.3 is 0 Å². The SMILES string of the molecule is N[C@@H](Cc1cc(Br)c2c(c1)-c1cc(C[C@H](N)C(=O)NCCc3ccc(O)c(Br)c3)cc(Br)c1OCO2)C(=O)NCCc1ccc(O)c(Br)c1. The third kappa shape index (κ3) is 9.56. The number of ether oxygens (including phenoxy) is 2. The maximum Gasteiger partial charge on any atom is 0.237 e. The van der Waals surface area contributed by atoms with Crippen molar-refractivity contribution in [1.82, 2.24) is 10.6 Å². The Labute approximate surface area is 317 Å². The zero-order valence-corrected chi connectivity index (χ0v) is 32.4. The molecule has 49 heavy (non-hydrogen) atoms. The van der Waals surface area contributed by atoms with Crippen LogP contribution in [0.1, 0.15) is 22.3 Å². The molecule has 258 valence electrons. The monoisotopic (exact) mass is 922 g/mol. The minimum atomic E-state index is -0.802. The molecule has 0 spiro atoms. The first-order valence-electron chi connectivity index (χ1n) is 15.3. The van der Waals surface area contributed by atoms with Gasteiger partial charge in [0.2, 0.25) is 18.6 Å². The number of hydrogen-bond donors (Lipinski definition) is 6. The number of carbonyl (C=O) groups excluding carboxylic acids is 2. The van der Waals surface area contributed by atoms with Crippen LogP contribution in [0.3, 0.4) is 0 Å². The summed E-state index contributed by atoms with van der Waals surface area (Å²) in [5, 5.41) is 25.2. The van der Waals surface area contributed by atoms with Gasteiger partial charge in [0.05, 0.1) is 30.0 Å². The Morgan fingerprint density at radius 2 is 1.02 bits per heavy atom. The van der Waals surface area contributed by atoms with Gasteiger partial charge < -0.3 is 41.8 Å². The quantitative estimate of drug-likeness (QED) is 0.101. The number of rotatable bonds is 12. The first-order chi connectivity index (χ1) is 23.4. The second-order valence-electron chi connectivity index (χ2n) is 11.6. The van der Waals surface area contributed by atoms with Crippen LogP contribution in [0.5, 0.6) is 23.0 Å². The smallest absolute Gasteiger partial charge is 0.237 e. The number of nitrogens with one attached hydrogen (secondary N) is 2. The average Bonchev–Trinajstić information content (AvgIpc) is 3.24. The second kappa shape index (κ2) is 16.7. The summed E-state index contributed by atoms with van der Waals surface area (Å²) in [6, 6.07) is 16.4. The lowest BCUT2D eigenvalue weighted by atomic mass is 9.95. The van der Waals surface area contributed by atoms with E-state index >= 15 is 0 Å². The normalized spacial score (nSPS) is 13.2. The predicted molar refractivity (Wildman–Crippen MR) is 202 cm³/mol. The van der Waals surface area contributed by atoms with Gasteiger partial charge in [-0.25, -0.2) is 0 Å². The number of fused-ring (bicyclic) bond motifs is 3. The molecular formula is C35H34Br4N4O6. The van der Waals surface area contributed by atoms with Gasteiger partial charge in [0.1, 0.15) is 23.0 Å². The van der Waals surface area contributed by atoms with Gasteiger partial charge in [-0.3, -0.25) is 9.59 Å². The third-order valence-electron chi connectivity index (χ3n) is 7.94. The van der Waals surface area contributed by atoms with Crippen LogP contribution in [0, 0.1) is 0 Å².